The van der Waals surface area contributed by atoms with Crippen molar-refractivity contribution in [3.05, 3.63) is 42.5 Å². The highest BCUT2D eigenvalue weighted by Gasteiger charge is 2.34. The molecule has 0 saturated carbocycles. The summed E-state index contributed by atoms with van der Waals surface area (Å²) >= 11 is 0. The predicted molar refractivity (Wildman–Crippen MR) is 126 cm³/mol. The van der Waals surface area contributed by atoms with Crippen molar-refractivity contribution in [3.8, 4) is 11.1 Å². The highest BCUT2D eigenvalue weighted by atomic mass is 16.6. The summed E-state index contributed by atoms with van der Waals surface area (Å²) in [7, 11) is 0. The summed E-state index contributed by atoms with van der Waals surface area (Å²) in [5.74, 6) is -0.0433. The van der Waals surface area contributed by atoms with Gasteiger partial charge in [0.1, 0.15) is 0 Å². The first-order chi connectivity index (χ1) is 15.3. The Kier molecular flexibility index (Phi) is 6.37. The molecule has 0 unspecified atom stereocenters. The molecule has 170 valence electrons. The number of ether oxygens (including phenoxy) is 2. The lowest BCUT2D eigenvalue weighted by Crippen LogP contribution is -2.51. The number of rotatable bonds is 3. The van der Waals surface area contributed by atoms with Gasteiger partial charge in [-0.2, -0.15) is 0 Å². The van der Waals surface area contributed by atoms with E-state index in [1.807, 2.05) is 39.0 Å². The number of amides is 2. The van der Waals surface area contributed by atoms with E-state index in [1.54, 1.807) is 16.7 Å². The van der Waals surface area contributed by atoms with E-state index in [0.717, 1.165) is 43.1 Å². The average Bonchev–Trinajstić information content (AvgIpc) is 2.78. The first-order valence-corrected chi connectivity index (χ1v) is 11.2. The fourth-order valence-corrected chi connectivity index (χ4v) is 4.41. The number of fused-ring (bicyclic) bond motifs is 1. The summed E-state index contributed by atoms with van der Waals surface area (Å²) in [6, 6.07) is 14.2. The molecule has 2 aromatic rings. The third kappa shape index (κ3) is 4.43. The third-order valence-corrected chi connectivity index (χ3v) is 5.89. The lowest BCUT2D eigenvalue weighted by atomic mass is 10.0. The van der Waals surface area contributed by atoms with E-state index in [9.17, 15) is 9.59 Å². The minimum Gasteiger partial charge on any atom is -0.446 e. The van der Waals surface area contributed by atoms with Crippen LogP contribution in [0, 0.1) is 0 Å². The van der Waals surface area contributed by atoms with Crippen LogP contribution in [0.3, 0.4) is 0 Å². The summed E-state index contributed by atoms with van der Waals surface area (Å²) in [4.78, 5) is 30.9. The molecule has 0 radical (unpaired) electrons. The lowest BCUT2D eigenvalue weighted by molar-refractivity contribution is -0.117. The number of anilines is 3. The Morgan fingerprint density at radius 3 is 2.28 bits per heavy atom. The fourth-order valence-electron chi connectivity index (χ4n) is 4.41. The number of hydrogen-bond acceptors (Lipinski definition) is 5. The summed E-state index contributed by atoms with van der Waals surface area (Å²) in [5.41, 5.74) is 4.63. The molecular weight excluding hydrogens is 406 g/mol. The molecule has 2 heterocycles. The van der Waals surface area contributed by atoms with E-state index in [2.05, 4.69) is 29.2 Å². The van der Waals surface area contributed by atoms with Gasteiger partial charge in [-0.25, -0.2) is 4.79 Å². The number of nitrogens with zero attached hydrogens (tertiary/aromatic N) is 3. The van der Waals surface area contributed by atoms with Crippen molar-refractivity contribution in [2.24, 2.45) is 0 Å². The Morgan fingerprint density at radius 2 is 1.66 bits per heavy atom. The molecule has 0 aromatic heterocycles. The van der Waals surface area contributed by atoms with Crippen LogP contribution in [-0.4, -0.2) is 57.0 Å². The molecule has 0 spiro atoms. The van der Waals surface area contributed by atoms with Crippen LogP contribution < -0.4 is 14.7 Å². The zero-order valence-electron chi connectivity index (χ0n) is 19.2. The topological polar surface area (TPSA) is 62.3 Å². The van der Waals surface area contributed by atoms with Crippen molar-refractivity contribution in [1.29, 1.82) is 0 Å². The zero-order valence-corrected chi connectivity index (χ0v) is 19.2. The number of carbonyl (C=O) groups excluding carboxylic acids is 2. The van der Waals surface area contributed by atoms with Crippen molar-refractivity contribution in [2.45, 2.75) is 39.8 Å². The van der Waals surface area contributed by atoms with Crippen molar-refractivity contribution in [2.75, 3.05) is 47.5 Å². The monoisotopic (exact) mass is 437 g/mol. The van der Waals surface area contributed by atoms with Crippen LogP contribution in [0.15, 0.2) is 42.5 Å². The maximum absolute atomic E-state index is 12.8. The van der Waals surface area contributed by atoms with Crippen molar-refractivity contribution >= 4 is 29.1 Å². The van der Waals surface area contributed by atoms with Crippen molar-refractivity contribution < 1.29 is 19.1 Å². The second kappa shape index (κ2) is 9.20. The average molecular weight is 438 g/mol. The highest BCUT2D eigenvalue weighted by molar-refractivity contribution is 6.03. The van der Waals surface area contributed by atoms with Gasteiger partial charge in [-0.1, -0.05) is 18.2 Å². The smallest absolute Gasteiger partial charge is 0.414 e. The Morgan fingerprint density at radius 1 is 1.00 bits per heavy atom. The van der Waals surface area contributed by atoms with Gasteiger partial charge in [-0.15, -0.1) is 0 Å². The van der Waals surface area contributed by atoms with Gasteiger partial charge in [-0.05, 0) is 56.2 Å². The molecule has 0 bridgehead atoms. The minimum absolute atomic E-state index is 0.0433. The molecule has 1 fully saturated rings. The van der Waals surface area contributed by atoms with Crippen LogP contribution in [0.1, 0.15) is 27.7 Å². The molecule has 2 aliphatic rings. The van der Waals surface area contributed by atoms with Crippen LogP contribution in [0.25, 0.3) is 11.1 Å². The summed E-state index contributed by atoms with van der Waals surface area (Å²) in [6.07, 6.45) is -0.612. The van der Waals surface area contributed by atoms with Gasteiger partial charge in [0.25, 0.3) is 0 Å². The molecule has 1 saturated heterocycles. The van der Waals surface area contributed by atoms with Crippen molar-refractivity contribution in [1.82, 2.24) is 0 Å². The van der Waals surface area contributed by atoms with E-state index >= 15 is 0 Å². The molecule has 4 rings (SSSR count). The SMILES string of the molecule is CC(=O)N1c2ccc(-c3ccc(N4CCOCC4)cc3)cc2N(C(=O)OC(C)C)C[C@@H]1C. The number of hydrogen-bond donors (Lipinski definition) is 0. The number of carbonyl (C=O) groups is 2. The van der Waals surface area contributed by atoms with E-state index in [-0.39, 0.29) is 18.1 Å². The second-order valence-electron chi connectivity index (χ2n) is 8.63. The maximum atomic E-state index is 12.8. The standard InChI is InChI=1S/C25H31N3O4/c1-17(2)32-25(30)27-16-18(3)28(19(4)29)23-10-7-21(15-24(23)27)20-5-8-22(9-6-20)26-11-13-31-14-12-26/h5-10,15,17-18H,11-14,16H2,1-4H3/t18-/m0/s1. The molecule has 2 aromatic carbocycles. The highest BCUT2D eigenvalue weighted by Crippen LogP contribution is 2.39. The summed E-state index contributed by atoms with van der Waals surface area (Å²) in [6.45, 7) is 10.8. The first kappa shape index (κ1) is 22.1. The van der Waals surface area contributed by atoms with Gasteiger partial charge >= 0.3 is 6.09 Å². The molecule has 0 N–H and O–H groups in total. The lowest BCUT2D eigenvalue weighted by Gasteiger charge is -2.40. The quantitative estimate of drug-likeness (QED) is 0.717. The zero-order chi connectivity index (χ0) is 22.8. The van der Waals surface area contributed by atoms with E-state index in [4.69, 9.17) is 9.47 Å². The third-order valence-electron chi connectivity index (χ3n) is 5.89. The van der Waals surface area contributed by atoms with Gasteiger partial charge in [0.2, 0.25) is 5.91 Å². The summed E-state index contributed by atoms with van der Waals surface area (Å²) in [5, 5.41) is 0. The molecule has 2 aliphatic heterocycles. The normalized spacial score (nSPS) is 18.5. The van der Waals surface area contributed by atoms with Crippen LogP contribution in [0.5, 0.6) is 0 Å². The predicted octanol–water partition coefficient (Wildman–Crippen LogP) is 4.30. The van der Waals surface area contributed by atoms with Crippen LogP contribution in [-0.2, 0) is 14.3 Å². The largest absolute Gasteiger partial charge is 0.446 e. The molecule has 0 aliphatic carbocycles. The van der Waals surface area contributed by atoms with E-state index < -0.39 is 6.09 Å². The van der Waals surface area contributed by atoms with Gasteiger partial charge in [-0.3, -0.25) is 9.69 Å². The maximum Gasteiger partial charge on any atom is 0.414 e. The molecule has 1 atom stereocenters. The Balaban J connectivity index is 1.68. The van der Waals surface area contributed by atoms with Gasteiger partial charge in [0.05, 0.1) is 36.7 Å². The molecular formula is C25H31N3O4. The minimum atomic E-state index is -0.392. The Hall–Kier alpha value is -3.06. The van der Waals surface area contributed by atoms with Crippen molar-refractivity contribution in [3.63, 3.8) is 0 Å². The molecule has 7 heteroatoms. The van der Waals surface area contributed by atoms with Crippen LogP contribution in [0.4, 0.5) is 21.9 Å². The fraction of sp³-hybridized carbons (Fsp3) is 0.440. The van der Waals surface area contributed by atoms with E-state index in [0.29, 0.717) is 12.2 Å². The van der Waals surface area contributed by atoms with Crippen LogP contribution >= 0.6 is 0 Å². The van der Waals surface area contributed by atoms with Gasteiger partial charge < -0.3 is 19.3 Å². The second-order valence-corrected chi connectivity index (χ2v) is 8.63. The summed E-state index contributed by atoms with van der Waals surface area (Å²) < 4.78 is 10.9. The Bertz CT molecular complexity index is 983. The molecule has 2 amide bonds. The molecule has 32 heavy (non-hydrogen) atoms. The first-order valence-electron chi connectivity index (χ1n) is 11.2. The number of morpholine rings is 1. The molecule has 7 nitrogen and oxygen atoms in total. The van der Waals surface area contributed by atoms with E-state index in [1.165, 1.54) is 5.69 Å². The number of benzene rings is 2. The van der Waals surface area contributed by atoms with Crippen LogP contribution in [0.2, 0.25) is 0 Å². The van der Waals surface area contributed by atoms with Gasteiger partial charge in [0.15, 0.2) is 0 Å². The van der Waals surface area contributed by atoms with Gasteiger partial charge in [0, 0.05) is 32.2 Å². The Labute approximate surface area is 189 Å².